The topological polar surface area (TPSA) is 45.9 Å². The van der Waals surface area contributed by atoms with E-state index in [1.165, 1.54) is 23.5 Å². The summed E-state index contributed by atoms with van der Waals surface area (Å²) in [5.74, 6) is 0.406. The maximum atomic E-state index is 13.8. The van der Waals surface area contributed by atoms with Crippen molar-refractivity contribution in [2.24, 2.45) is 0 Å². The van der Waals surface area contributed by atoms with Crippen LogP contribution >= 0.6 is 11.3 Å². The molecule has 0 aliphatic carbocycles. The summed E-state index contributed by atoms with van der Waals surface area (Å²) in [6.45, 7) is 0. The molecule has 2 aromatic carbocycles. The molecule has 0 aliphatic heterocycles. The normalized spacial score (nSPS) is 11.1. The van der Waals surface area contributed by atoms with Gasteiger partial charge in [-0.25, -0.2) is 9.37 Å². The number of allylic oxidation sites excluding steroid dienone is 1. The molecule has 0 N–H and O–H groups in total. The van der Waals surface area contributed by atoms with Gasteiger partial charge in [0.25, 0.3) is 0 Å². The van der Waals surface area contributed by atoms with E-state index in [1.54, 1.807) is 25.3 Å². The standard InChI is InChI=1S/C19H13FN2OS/c1-23-16-8-6-13(7-9-16)18-12-24-19(22-18)15(11-21)10-14-4-2-3-5-17(14)20/h2-10,12H,1H3. The molecule has 0 radical (unpaired) electrons. The highest BCUT2D eigenvalue weighted by Gasteiger charge is 2.10. The largest absolute Gasteiger partial charge is 0.497 e. The quantitative estimate of drug-likeness (QED) is 0.628. The van der Waals surface area contributed by atoms with Crippen LogP contribution in [0.25, 0.3) is 22.9 Å². The Balaban J connectivity index is 1.93. The summed E-state index contributed by atoms with van der Waals surface area (Å²) in [5.41, 5.74) is 2.41. The molecular weight excluding hydrogens is 323 g/mol. The lowest BCUT2D eigenvalue weighted by atomic mass is 10.1. The highest BCUT2D eigenvalue weighted by molar-refractivity contribution is 7.11. The van der Waals surface area contributed by atoms with Gasteiger partial charge < -0.3 is 4.74 Å². The smallest absolute Gasteiger partial charge is 0.134 e. The molecule has 0 spiro atoms. The monoisotopic (exact) mass is 336 g/mol. The van der Waals surface area contributed by atoms with Crippen LogP contribution in [0.1, 0.15) is 10.6 Å². The number of halogens is 1. The van der Waals surface area contributed by atoms with E-state index < -0.39 is 0 Å². The van der Waals surface area contributed by atoms with Crippen molar-refractivity contribution in [3.05, 3.63) is 70.3 Å². The molecule has 3 rings (SSSR count). The van der Waals surface area contributed by atoms with Gasteiger partial charge in [-0.15, -0.1) is 11.3 Å². The Bertz CT molecular complexity index is 923. The summed E-state index contributed by atoms with van der Waals surface area (Å²) in [6, 6.07) is 16.0. The molecule has 3 aromatic rings. The van der Waals surface area contributed by atoms with Gasteiger partial charge in [-0.1, -0.05) is 18.2 Å². The second-order valence-corrected chi connectivity index (χ2v) is 5.82. The first-order chi connectivity index (χ1) is 11.7. The van der Waals surface area contributed by atoms with Crippen molar-refractivity contribution < 1.29 is 9.13 Å². The predicted molar refractivity (Wildman–Crippen MR) is 94.0 cm³/mol. The number of benzene rings is 2. The SMILES string of the molecule is COc1ccc(-c2csc(C(C#N)=Cc3ccccc3F)n2)cc1. The summed E-state index contributed by atoms with van der Waals surface area (Å²) in [5, 5.41) is 11.8. The number of thiazole rings is 1. The lowest BCUT2D eigenvalue weighted by molar-refractivity contribution is 0.415. The maximum absolute atomic E-state index is 13.8. The minimum atomic E-state index is -0.364. The molecule has 5 heteroatoms. The predicted octanol–water partition coefficient (Wildman–Crippen LogP) is 5.02. The van der Waals surface area contributed by atoms with E-state index in [2.05, 4.69) is 11.1 Å². The van der Waals surface area contributed by atoms with E-state index in [0.29, 0.717) is 16.1 Å². The van der Waals surface area contributed by atoms with Crippen LogP contribution in [0.3, 0.4) is 0 Å². The molecule has 0 saturated heterocycles. The number of nitriles is 1. The maximum Gasteiger partial charge on any atom is 0.134 e. The first kappa shape index (κ1) is 15.9. The molecule has 0 saturated carbocycles. The van der Waals surface area contributed by atoms with Gasteiger partial charge in [0.05, 0.1) is 18.4 Å². The van der Waals surface area contributed by atoms with Crippen LogP contribution in [0.4, 0.5) is 4.39 Å². The molecular formula is C19H13FN2OS. The van der Waals surface area contributed by atoms with Crippen LogP contribution in [0.15, 0.2) is 53.9 Å². The number of ether oxygens (including phenoxy) is 1. The first-order valence-electron chi connectivity index (χ1n) is 7.18. The zero-order valence-corrected chi connectivity index (χ0v) is 13.7. The average Bonchev–Trinajstić information content (AvgIpc) is 3.11. The third-order valence-electron chi connectivity index (χ3n) is 3.45. The molecule has 0 amide bonds. The molecule has 0 fully saturated rings. The van der Waals surface area contributed by atoms with Crippen LogP contribution in [0.2, 0.25) is 0 Å². The van der Waals surface area contributed by atoms with Gasteiger partial charge in [-0.2, -0.15) is 5.26 Å². The van der Waals surface area contributed by atoms with E-state index in [0.717, 1.165) is 17.0 Å². The number of nitrogens with zero attached hydrogens (tertiary/aromatic N) is 2. The zero-order chi connectivity index (χ0) is 16.9. The van der Waals surface area contributed by atoms with Crippen molar-refractivity contribution in [2.75, 3.05) is 7.11 Å². The molecule has 0 bridgehead atoms. The molecule has 118 valence electrons. The van der Waals surface area contributed by atoms with Crippen LogP contribution in [0.5, 0.6) is 5.75 Å². The fourth-order valence-electron chi connectivity index (χ4n) is 2.18. The second kappa shape index (κ2) is 7.07. The van der Waals surface area contributed by atoms with Gasteiger partial charge in [-0.05, 0) is 36.4 Å². The summed E-state index contributed by atoms with van der Waals surface area (Å²) < 4.78 is 18.9. The number of hydrogen-bond donors (Lipinski definition) is 0. The van der Waals surface area contributed by atoms with Crippen molar-refractivity contribution in [1.29, 1.82) is 5.26 Å². The number of rotatable bonds is 4. The molecule has 1 heterocycles. The Labute approximate surface area is 143 Å². The van der Waals surface area contributed by atoms with Crippen LogP contribution in [-0.2, 0) is 0 Å². The van der Waals surface area contributed by atoms with Crippen molar-refractivity contribution in [3.63, 3.8) is 0 Å². The van der Waals surface area contributed by atoms with Crippen molar-refractivity contribution >= 4 is 23.0 Å². The summed E-state index contributed by atoms with van der Waals surface area (Å²) >= 11 is 1.36. The van der Waals surface area contributed by atoms with E-state index in [9.17, 15) is 9.65 Å². The highest BCUT2D eigenvalue weighted by atomic mass is 32.1. The van der Waals surface area contributed by atoms with E-state index >= 15 is 0 Å². The van der Waals surface area contributed by atoms with Crippen molar-refractivity contribution in [3.8, 4) is 23.1 Å². The van der Waals surface area contributed by atoms with Crippen molar-refractivity contribution in [1.82, 2.24) is 4.98 Å². The number of hydrogen-bond acceptors (Lipinski definition) is 4. The first-order valence-corrected chi connectivity index (χ1v) is 8.06. The Morgan fingerprint density at radius 3 is 2.62 bits per heavy atom. The average molecular weight is 336 g/mol. The Morgan fingerprint density at radius 2 is 1.96 bits per heavy atom. The fourth-order valence-corrected chi connectivity index (χ4v) is 2.98. The zero-order valence-electron chi connectivity index (χ0n) is 12.9. The molecule has 3 nitrogen and oxygen atoms in total. The molecule has 0 unspecified atom stereocenters. The van der Waals surface area contributed by atoms with Crippen LogP contribution in [0, 0.1) is 17.1 Å². The van der Waals surface area contributed by atoms with E-state index in [-0.39, 0.29) is 5.82 Å². The molecule has 1 aromatic heterocycles. The Kier molecular flexibility index (Phi) is 4.69. The fraction of sp³-hybridized carbons (Fsp3) is 0.0526. The molecule has 24 heavy (non-hydrogen) atoms. The third kappa shape index (κ3) is 3.34. The van der Waals surface area contributed by atoms with Gasteiger partial charge in [0.2, 0.25) is 0 Å². The number of aromatic nitrogens is 1. The summed E-state index contributed by atoms with van der Waals surface area (Å²) in [6.07, 6.45) is 1.52. The second-order valence-electron chi connectivity index (χ2n) is 4.96. The number of methoxy groups -OCH3 is 1. The minimum Gasteiger partial charge on any atom is -0.497 e. The van der Waals surface area contributed by atoms with Gasteiger partial charge in [0, 0.05) is 16.5 Å². The van der Waals surface area contributed by atoms with E-state index in [1.807, 2.05) is 29.6 Å². The van der Waals surface area contributed by atoms with Gasteiger partial charge in [0.15, 0.2) is 0 Å². The lowest BCUT2D eigenvalue weighted by Crippen LogP contribution is -1.86. The van der Waals surface area contributed by atoms with Crippen LogP contribution in [-0.4, -0.2) is 12.1 Å². The van der Waals surface area contributed by atoms with Gasteiger partial charge in [0.1, 0.15) is 22.6 Å². The van der Waals surface area contributed by atoms with Crippen molar-refractivity contribution in [2.45, 2.75) is 0 Å². The Hall–Kier alpha value is -2.97. The third-order valence-corrected chi connectivity index (χ3v) is 4.32. The Morgan fingerprint density at radius 1 is 1.21 bits per heavy atom. The lowest BCUT2D eigenvalue weighted by Gasteiger charge is -2.00. The van der Waals surface area contributed by atoms with E-state index in [4.69, 9.17) is 4.74 Å². The van der Waals surface area contributed by atoms with Crippen LogP contribution < -0.4 is 4.74 Å². The summed E-state index contributed by atoms with van der Waals surface area (Å²) in [4.78, 5) is 4.50. The van der Waals surface area contributed by atoms with Gasteiger partial charge >= 0.3 is 0 Å². The van der Waals surface area contributed by atoms with Gasteiger partial charge in [-0.3, -0.25) is 0 Å². The highest BCUT2D eigenvalue weighted by Crippen LogP contribution is 2.28. The molecule has 0 atom stereocenters. The summed E-state index contributed by atoms with van der Waals surface area (Å²) in [7, 11) is 1.61. The minimum absolute atomic E-state index is 0.338. The molecule has 0 aliphatic rings.